The lowest BCUT2D eigenvalue weighted by molar-refractivity contribution is 0.399. The van der Waals surface area contributed by atoms with Gasteiger partial charge in [-0.1, -0.05) is 12.1 Å². The number of hydrogen-bond donors (Lipinski definition) is 0. The van der Waals surface area contributed by atoms with Gasteiger partial charge < -0.3 is 8.92 Å². The highest BCUT2D eigenvalue weighted by atomic mass is 32.2. The molecule has 2 rings (SSSR count). The van der Waals surface area contributed by atoms with Crippen molar-refractivity contribution in [2.45, 2.75) is 0 Å². The number of hydrogen-bond acceptors (Lipinski definition) is 4. The van der Waals surface area contributed by atoms with E-state index in [1.165, 1.54) is 12.0 Å². The second kappa shape index (κ2) is 4.40. The molecule has 15 heavy (non-hydrogen) atoms. The zero-order chi connectivity index (χ0) is 10.7. The molecule has 0 N–H and O–H groups in total. The van der Waals surface area contributed by atoms with Crippen molar-refractivity contribution in [2.75, 3.05) is 13.4 Å². The summed E-state index contributed by atoms with van der Waals surface area (Å²) in [6, 6.07) is 7.82. The van der Waals surface area contributed by atoms with Gasteiger partial charge in [0.05, 0.1) is 30.9 Å². The number of benzene rings is 1. The molecule has 0 aliphatic carbocycles. The van der Waals surface area contributed by atoms with E-state index in [9.17, 15) is 0 Å². The SMILES string of the molecule is COc1cnc2ccccc2c1OSC. The first-order valence-corrected chi connectivity index (χ1v) is 5.64. The smallest absolute Gasteiger partial charge is 0.190 e. The van der Waals surface area contributed by atoms with Crippen molar-refractivity contribution in [3.63, 3.8) is 0 Å². The van der Waals surface area contributed by atoms with E-state index >= 15 is 0 Å². The third-order valence-corrected chi connectivity index (χ3v) is 2.41. The predicted molar refractivity (Wildman–Crippen MR) is 62.4 cm³/mol. The Bertz CT molecular complexity index is 473. The monoisotopic (exact) mass is 221 g/mol. The van der Waals surface area contributed by atoms with Crippen molar-refractivity contribution < 1.29 is 8.92 Å². The molecular formula is C11H11NO2S. The van der Waals surface area contributed by atoms with E-state index in [0.717, 1.165) is 16.7 Å². The molecule has 0 aliphatic rings. The van der Waals surface area contributed by atoms with Crippen molar-refractivity contribution in [3.05, 3.63) is 30.5 Å². The molecule has 2 aromatic rings. The van der Waals surface area contributed by atoms with Crippen molar-refractivity contribution >= 4 is 22.9 Å². The Hall–Kier alpha value is -1.42. The quantitative estimate of drug-likeness (QED) is 0.746. The molecular weight excluding hydrogens is 210 g/mol. The zero-order valence-corrected chi connectivity index (χ0v) is 9.38. The number of fused-ring (bicyclic) bond motifs is 1. The number of para-hydroxylation sites is 1. The molecule has 0 aliphatic heterocycles. The summed E-state index contributed by atoms with van der Waals surface area (Å²) in [5, 5.41) is 0.964. The van der Waals surface area contributed by atoms with Crippen LogP contribution in [0.5, 0.6) is 11.5 Å². The Kier molecular flexibility index (Phi) is 2.97. The average Bonchev–Trinajstić information content (AvgIpc) is 2.30. The van der Waals surface area contributed by atoms with E-state index in [1.54, 1.807) is 13.3 Å². The lowest BCUT2D eigenvalue weighted by Gasteiger charge is -2.09. The molecule has 4 heteroatoms. The van der Waals surface area contributed by atoms with Gasteiger partial charge in [-0.05, 0) is 12.1 Å². The van der Waals surface area contributed by atoms with Crippen LogP contribution in [0.3, 0.4) is 0 Å². The summed E-state index contributed by atoms with van der Waals surface area (Å²) in [5.41, 5.74) is 0.905. The maximum absolute atomic E-state index is 5.49. The molecule has 0 radical (unpaired) electrons. The third kappa shape index (κ3) is 1.85. The summed E-state index contributed by atoms with van der Waals surface area (Å²) in [6.45, 7) is 0. The molecule has 1 aromatic carbocycles. The minimum absolute atomic E-state index is 0.656. The molecule has 1 heterocycles. The van der Waals surface area contributed by atoms with Crippen molar-refractivity contribution in [1.82, 2.24) is 4.98 Å². The standard InChI is InChI=1S/C11H11NO2S/c1-13-10-7-12-9-6-4-3-5-8(9)11(10)14-15-2/h3-7H,1-2H3. The van der Waals surface area contributed by atoms with Gasteiger partial charge >= 0.3 is 0 Å². The molecule has 0 bridgehead atoms. The first-order chi connectivity index (χ1) is 7.36. The second-order valence-electron chi connectivity index (χ2n) is 2.92. The number of ether oxygens (including phenoxy) is 1. The predicted octanol–water partition coefficient (Wildman–Crippen LogP) is 2.90. The van der Waals surface area contributed by atoms with Gasteiger partial charge in [-0.25, -0.2) is 0 Å². The fourth-order valence-electron chi connectivity index (χ4n) is 1.41. The number of rotatable bonds is 3. The molecule has 78 valence electrons. The summed E-state index contributed by atoms with van der Waals surface area (Å²) in [6.07, 6.45) is 3.54. The maximum atomic E-state index is 5.49. The Morgan fingerprint density at radius 2 is 2.07 bits per heavy atom. The number of nitrogens with zero attached hydrogens (tertiary/aromatic N) is 1. The van der Waals surface area contributed by atoms with Crippen LogP contribution < -0.4 is 8.92 Å². The largest absolute Gasteiger partial charge is 0.491 e. The first kappa shape index (κ1) is 10.1. The van der Waals surface area contributed by atoms with E-state index in [2.05, 4.69) is 4.98 Å². The van der Waals surface area contributed by atoms with E-state index < -0.39 is 0 Å². The summed E-state index contributed by atoms with van der Waals surface area (Å²) in [7, 11) is 1.61. The zero-order valence-electron chi connectivity index (χ0n) is 8.56. The van der Waals surface area contributed by atoms with Crippen LogP contribution in [0.4, 0.5) is 0 Å². The van der Waals surface area contributed by atoms with Gasteiger partial charge in [-0.3, -0.25) is 4.98 Å². The van der Waals surface area contributed by atoms with Gasteiger partial charge in [0, 0.05) is 11.6 Å². The molecule has 0 saturated carbocycles. The topological polar surface area (TPSA) is 31.4 Å². The number of methoxy groups -OCH3 is 1. The second-order valence-corrected chi connectivity index (χ2v) is 3.42. The van der Waals surface area contributed by atoms with Crippen LogP contribution in [-0.2, 0) is 0 Å². The van der Waals surface area contributed by atoms with Crippen molar-refractivity contribution in [1.29, 1.82) is 0 Å². The van der Waals surface area contributed by atoms with Crippen LogP contribution in [0, 0.1) is 0 Å². The van der Waals surface area contributed by atoms with E-state index in [4.69, 9.17) is 8.92 Å². The van der Waals surface area contributed by atoms with Crippen LogP contribution in [-0.4, -0.2) is 18.3 Å². The first-order valence-electron chi connectivity index (χ1n) is 4.49. The summed E-state index contributed by atoms with van der Waals surface area (Å²) in [4.78, 5) is 4.28. The van der Waals surface area contributed by atoms with Crippen LogP contribution in [0.2, 0.25) is 0 Å². The number of pyridine rings is 1. The Labute approximate surface area is 92.6 Å². The van der Waals surface area contributed by atoms with Gasteiger partial charge in [0.15, 0.2) is 11.5 Å². The third-order valence-electron chi connectivity index (χ3n) is 2.08. The van der Waals surface area contributed by atoms with Crippen molar-refractivity contribution in [2.24, 2.45) is 0 Å². The van der Waals surface area contributed by atoms with Crippen LogP contribution >= 0.6 is 12.0 Å². The van der Waals surface area contributed by atoms with E-state index in [0.29, 0.717) is 5.75 Å². The van der Waals surface area contributed by atoms with E-state index in [1.807, 2.05) is 30.5 Å². The van der Waals surface area contributed by atoms with Gasteiger partial charge in [0.25, 0.3) is 0 Å². The summed E-state index contributed by atoms with van der Waals surface area (Å²) in [5.74, 6) is 1.39. The van der Waals surface area contributed by atoms with Gasteiger partial charge in [-0.2, -0.15) is 0 Å². The summed E-state index contributed by atoms with van der Waals surface area (Å²) >= 11 is 1.29. The fraction of sp³-hybridized carbons (Fsp3) is 0.182. The normalized spacial score (nSPS) is 10.3. The molecule has 0 spiro atoms. The van der Waals surface area contributed by atoms with Gasteiger partial charge in [-0.15, -0.1) is 0 Å². The van der Waals surface area contributed by atoms with Crippen LogP contribution in [0.1, 0.15) is 0 Å². The van der Waals surface area contributed by atoms with Gasteiger partial charge in [0.2, 0.25) is 0 Å². The van der Waals surface area contributed by atoms with Crippen LogP contribution in [0.15, 0.2) is 30.5 Å². The number of aromatic nitrogens is 1. The highest BCUT2D eigenvalue weighted by Crippen LogP contribution is 2.35. The Balaban J connectivity index is 2.67. The minimum Gasteiger partial charge on any atom is -0.491 e. The molecule has 0 saturated heterocycles. The molecule has 3 nitrogen and oxygen atoms in total. The lowest BCUT2D eigenvalue weighted by Crippen LogP contribution is -1.91. The Morgan fingerprint density at radius 1 is 1.27 bits per heavy atom. The maximum Gasteiger partial charge on any atom is 0.190 e. The highest BCUT2D eigenvalue weighted by molar-refractivity contribution is 7.94. The minimum atomic E-state index is 0.656. The molecule has 0 fully saturated rings. The summed E-state index contributed by atoms with van der Waals surface area (Å²) < 4.78 is 10.7. The van der Waals surface area contributed by atoms with Crippen molar-refractivity contribution in [3.8, 4) is 11.5 Å². The van der Waals surface area contributed by atoms with Gasteiger partial charge in [0.1, 0.15) is 0 Å². The molecule has 0 amide bonds. The highest BCUT2D eigenvalue weighted by Gasteiger charge is 2.10. The van der Waals surface area contributed by atoms with E-state index in [-0.39, 0.29) is 0 Å². The molecule has 0 atom stereocenters. The molecule has 1 aromatic heterocycles. The Morgan fingerprint density at radius 3 is 2.80 bits per heavy atom. The average molecular weight is 221 g/mol. The van der Waals surface area contributed by atoms with Crippen LogP contribution in [0.25, 0.3) is 10.9 Å². The lowest BCUT2D eigenvalue weighted by atomic mass is 10.2. The molecule has 0 unspecified atom stereocenters. The fourth-order valence-corrected chi connectivity index (χ4v) is 1.75.